The smallest absolute Gasteiger partial charge is 0.338 e. The summed E-state index contributed by atoms with van der Waals surface area (Å²) in [6.45, 7) is 7.59. The fourth-order valence-electron chi connectivity index (χ4n) is 4.72. The Morgan fingerprint density at radius 3 is 2.38 bits per heavy atom. The van der Waals surface area contributed by atoms with Crippen LogP contribution in [0.1, 0.15) is 65.7 Å². The van der Waals surface area contributed by atoms with E-state index in [0.29, 0.717) is 28.5 Å². The number of carbonyl (C=O) groups is 1. The van der Waals surface area contributed by atoms with E-state index in [-0.39, 0.29) is 24.0 Å². The Kier molecular flexibility index (Phi) is 8.11. The van der Waals surface area contributed by atoms with Crippen LogP contribution >= 0.6 is 35.6 Å². The molecule has 32 heavy (non-hydrogen) atoms. The number of benzene rings is 2. The van der Waals surface area contributed by atoms with E-state index in [0.717, 1.165) is 49.2 Å². The number of rotatable bonds is 6. The average Bonchev–Trinajstić information content (AvgIpc) is 3.52. The summed E-state index contributed by atoms with van der Waals surface area (Å²) < 4.78 is 14.4. The highest BCUT2D eigenvalue weighted by atomic mass is 35.5. The third-order valence-corrected chi connectivity index (χ3v) is 6.93. The number of carboxylic acid groups (broad SMARTS) is 1. The van der Waals surface area contributed by atoms with Gasteiger partial charge in [0, 0.05) is 48.3 Å². The maximum Gasteiger partial charge on any atom is 0.338 e. The summed E-state index contributed by atoms with van der Waals surface area (Å²) in [4.78, 5) is 16.1. The Morgan fingerprint density at radius 2 is 1.81 bits per heavy atom. The molecule has 4 nitrogen and oxygen atoms in total. The summed E-state index contributed by atoms with van der Waals surface area (Å²) in [7, 11) is 0. The molecule has 2 atom stereocenters. The maximum atomic E-state index is 14.4. The predicted molar refractivity (Wildman–Crippen MR) is 129 cm³/mol. The van der Waals surface area contributed by atoms with Crippen molar-refractivity contribution in [3.05, 3.63) is 68.4 Å². The van der Waals surface area contributed by atoms with Gasteiger partial charge in [-0.2, -0.15) is 0 Å². The fraction of sp³-hybridized carbons (Fsp3) is 0.458. The van der Waals surface area contributed by atoms with Crippen molar-refractivity contribution in [2.24, 2.45) is 0 Å². The average molecular weight is 502 g/mol. The van der Waals surface area contributed by atoms with Crippen molar-refractivity contribution in [1.29, 1.82) is 0 Å². The molecule has 0 amide bonds. The van der Waals surface area contributed by atoms with Crippen LogP contribution < -0.4 is 0 Å². The molecule has 174 valence electrons. The highest BCUT2D eigenvalue weighted by Crippen LogP contribution is 2.43. The summed E-state index contributed by atoms with van der Waals surface area (Å²) in [5.41, 5.74) is 2.79. The Bertz CT molecular complexity index is 979. The lowest BCUT2D eigenvalue weighted by atomic mass is 9.98. The zero-order chi connectivity index (χ0) is 22.3. The van der Waals surface area contributed by atoms with Gasteiger partial charge in [-0.05, 0) is 79.6 Å². The van der Waals surface area contributed by atoms with E-state index in [1.807, 2.05) is 12.1 Å². The van der Waals surface area contributed by atoms with Gasteiger partial charge in [0.25, 0.3) is 0 Å². The van der Waals surface area contributed by atoms with Gasteiger partial charge in [0.2, 0.25) is 0 Å². The summed E-state index contributed by atoms with van der Waals surface area (Å²) in [6, 6.07) is 9.14. The molecule has 4 rings (SSSR count). The van der Waals surface area contributed by atoms with Crippen molar-refractivity contribution in [2.75, 3.05) is 19.6 Å². The van der Waals surface area contributed by atoms with E-state index in [1.54, 1.807) is 12.1 Å². The highest BCUT2D eigenvalue weighted by molar-refractivity contribution is 6.34. The van der Waals surface area contributed by atoms with E-state index in [4.69, 9.17) is 23.2 Å². The van der Waals surface area contributed by atoms with E-state index < -0.39 is 11.8 Å². The first kappa shape index (κ1) is 25.3. The standard InChI is InChI=1S/C24H27Cl2FN2O2.ClH/c1-14-12-28(5-6-29(14)15(2)17-7-19(25)10-20(26)8-17)13-18-9-23(27)22(24(30)31)11-21(18)16-3-4-16;/h7-11,14-16H,3-6,12-13H2,1-2H3,(H,30,31);1H/t14?,15-;/m1./s1. The lowest BCUT2D eigenvalue weighted by Gasteiger charge is -2.43. The van der Waals surface area contributed by atoms with Crippen molar-refractivity contribution in [1.82, 2.24) is 9.80 Å². The number of carboxylic acids is 1. The molecule has 1 aliphatic carbocycles. The normalized spacial score (nSPS) is 20.6. The third kappa shape index (κ3) is 5.57. The number of nitrogens with zero attached hydrogens (tertiary/aromatic N) is 2. The minimum absolute atomic E-state index is 0. The second-order valence-corrected chi connectivity index (χ2v) is 9.68. The molecule has 1 saturated carbocycles. The third-order valence-electron chi connectivity index (χ3n) is 6.50. The molecule has 1 aliphatic heterocycles. The number of hydrogen-bond donors (Lipinski definition) is 1. The Morgan fingerprint density at radius 1 is 1.16 bits per heavy atom. The monoisotopic (exact) mass is 500 g/mol. The van der Waals surface area contributed by atoms with Crippen molar-refractivity contribution in [3.8, 4) is 0 Å². The van der Waals surface area contributed by atoms with Crippen molar-refractivity contribution in [2.45, 2.75) is 51.2 Å². The van der Waals surface area contributed by atoms with Crippen LogP contribution in [0.4, 0.5) is 4.39 Å². The molecule has 2 aromatic carbocycles. The topological polar surface area (TPSA) is 43.8 Å². The van der Waals surface area contributed by atoms with Gasteiger partial charge in [0.1, 0.15) is 5.82 Å². The van der Waals surface area contributed by atoms with Gasteiger partial charge in [0.05, 0.1) is 5.56 Å². The molecule has 0 aromatic heterocycles. The van der Waals surface area contributed by atoms with Gasteiger partial charge in [-0.15, -0.1) is 12.4 Å². The van der Waals surface area contributed by atoms with E-state index in [9.17, 15) is 14.3 Å². The SMILES string of the molecule is CC1CN(Cc2cc(F)c(C(=O)O)cc2C2CC2)CCN1[C@H](C)c1cc(Cl)cc(Cl)c1.Cl. The number of aromatic carboxylic acids is 1. The molecule has 2 fully saturated rings. The van der Waals surface area contributed by atoms with E-state index in [1.165, 1.54) is 6.07 Å². The van der Waals surface area contributed by atoms with Crippen LogP contribution in [-0.2, 0) is 6.54 Å². The number of hydrogen-bond acceptors (Lipinski definition) is 3. The van der Waals surface area contributed by atoms with Gasteiger partial charge in [0.15, 0.2) is 0 Å². The Labute approximate surface area is 204 Å². The minimum atomic E-state index is -1.21. The van der Waals surface area contributed by atoms with Crippen LogP contribution in [0, 0.1) is 5.82 Å². The molecule has 0 spiro atoms. The lowest BCUT2D eigenvalue weighted by molar-refractivity contribution is 0.0503. The first-order chi connectivity index (χ1) is 14.7. The van der Waals surface area contributed by atoms with Gasteiger partial charge in [-0.1, -0.05) is 23.2 Å². The zero-order valence-corrected chi connectivity index (χ0v) is 20.5. The number of piperazine rings is 1. The maximum absolute atomic E-state index is 14.4. The summed E-state index contributed by atoms with van der Waals surface area (Å²) in [5, 5.41) is 10.6. The molecule has 1 heterocycles. The van der Waals surface area contributed by atoms with Gasteiger partial charge in [-0.25, -0.2) is 9.18 Å². The van der Waals surface area contributed by atoms with Gasteiger partial charge < -0.3 is 5.11 Å². The summed E-state index contributed by atoms with van der Waals surface area (Å²) in [5.74, 6) is -1.49. The molecule has 8 heteroatoms. The predicted octanol–water partition coefficient (Wildman–Crippen LogP) is 6.40. The van der Waals surface area contributed by atoms with Crippen molar-refractivity contribution in [3.63, 3.8) is 0 Å². The molecule has 1 N–H and O–H groups in total. The molecule has 0 bridgehead atoms. The Balaban J connectivity index is 0.00000289. The summed E-state index contributed by atoms with van der Waals surface area (Å²) >= 11 is 12.4. The quantitative estimate of drug-likeness (QED) is 0.497. The molecule has 1 saturated heterocycles. The van der Waals surface area contributed by atoms with Gasteiger partial charge >= 0.3 is 5.97 Å². The molecule has 0 radical (unpaired) electrons. The van der Waals surface area contributed by atoms with Crippen LogP contribution in [0.25, 0.3) is 0 Å². The molecule has 1 unspecified atom stereocenters. The van der Waals surface area contributed by atoms with Crippen LogP contribution in [0.15, 0.2) is 30.3 Å². The minimum Gasteiger partial charge on any atom is -0.478 e. The van der Waals surface area contributed by atoms with Crippen LogP contribution in [0.2, 0.25) is 10.0 Å². The van der Waals surface area contributed by atoms with Crippen LogP contribution in [0.5, 0.6) is 0 Å². The van der Waals surface area contributed by atoms with Crippen molar-refractivity contribution < 1.29 is 14.3 Å². The highest BCUT2D eigenvalue weighted by Gasteiger charge is 2.31. The first-order valence-corrected chi connectivity index (χ1v) is 11.5. The van der Waals surface area contributed by atoms with Crippen molar-refractivity contribution >= 4 is 41.6 Å². The molecule has 2 aromatic rings. The summed E-state index contributed by atoms with van der Waals surface area (Å²) in [6.07, 6.45) is 2.09. The van der Waals surface area contributed by atoms with E-state index >= 15 is 0 Å². The van der Waals surface area contributed by atoms with Gasteiger partial charge in [-0.3, -0.25) is 9.80 Å². The first-order valence-electron chi connectivity index (χ1n) is 10.7. The van der Waals surface area contributed by atoms with Crippen LogP contribution in [0.3, 0.4) is 0 Å². The second-order valence-electron chi connectivity index (χ2n) is 8.81. The lowest BCUT2D eigenvalue weighted by Crippen LogP contribution is -2.52. The van der Waals surface area contributed by atoms with Crippen LogP contribution in [-0.4, -0.2) is 46.6 Å². The van der Waals surface area contributed by atoms with E-state index in [2.05, 4.69) is 23.6 Å². The Hall–Kier alpha value is -1.37. The molecule has 2 aliphatic rings. The zero-order valence-electron chi connectivity index (χ0n) is 18.2. The molecular weight excluding hydrogens is 474 g/mol. The fourth-order valence-corrected chi connectivity index (χ4v) is 5.26. The second kappa shape index (κ2) is 10.3. The molecular formula is C24H28Cl3FN2O2. The number of halogens is 4. The largest absolute Gasteiger partial charge is 0.478 e.